The Morgan fingerprint density at radius 3 is 1.46 bits per heavy atom. The highest BCUT2D eigenvalue weighted by Crippen LogP contribution is 2.22. The van der Waals surface area contributed by atoms with Crippen molar-refractivity contribution in [3.8, 4) is 0 Å². The molecule has 0 aliphatic rings. The summed E-state index contributed by atoms with van der Waals surface area (Å²) in [6.45, 7) is 8.06. The van der Waals surface area contributed by atoms with Crippen molar-refractivity contribution in [2.24, 2.45) is 29.2 Å². The smallest absolute Gasteiger partial charge is 0.326 e. The molecule has 20 N–H and O–H groups in total. The minimum atomic E-state index is -1.82. The van der Waals surface area contributed by atoms with Crippen molar-refractivity contribution in [2.45, 2.75) is 172 Å². The largest absolute Gasteiger partial charge is 0.481 e. The third-order valence-corrected chi connectivity index (χ3v) is 16.1. The van der Waals surface area contributed by atoms with E-state index in [1.165, 1.54) is 27.7 Å². The first kappa shape index (κ1) is 77.4. The van der Waals surface area contributed by atoms with Crippen LogP contribution in [0.3, 0.4) is 0 Å². The van der Waals surface area contributed by atoms with E-state index in [2.05, 4.69) is 57.8 Å². The number of carboxylic acid groups (broad SMARTS) is 3. The van der Waals surface area contributed by atoms with Crippen LogP contribution in [0, 0.1) is 17.8 Å². The Morgan fingerprint density at radius 2 is 0.938 bits per heavy atom. The maximum Gasteiger partial charge on any atom is 0.326 e. The molecule has 0 fully saturated rings. The zero-order valence-corrected chi connectivity index (χ0v) is 54.7. The topological polar surface area (TPSA) is 515 Å². The van der Waals surface area contributed by atoms with Gasteiger partial charge in [0.1, 0.15) is 48.3 Å². The summed E-state index contributed by atoms with van der Waals surface area (Å²) in [4.78, 5) is 179. The second kappa shape index (κ2) is 37.1. The van der Waals surface area contributed by atoms with E-state index < -0.39 is 194 Å². The number of carbonyl (C=O) groups is 13. The summed E-state index contributed by atoms with van der Waals surface area (Å²) >= 11 is 0. The minimum Gasteiger partial charge on any atom is -0.481 e. The number of carbonyl (C=O) groups excluding carboxylic acids is 10. The first-order chi connectivity index (χ1) is 45.8. The van der Waals surface area contributed by atoms with Gasteiger partial charge < -0.3 is 94.8 Å². The lowest BCUT2D eigenvalue weighted by molar-refractivity contribution is -0.143. The number of nitrogens with one attached hydrogen (secondary N) is 11. The van der Waals surface area contributed by atoms with Gasteiger partial charge >= 0.3 is 17.9 Å². The molecule has 31 heteroatoms. The van der Waals surface area contributed by atoms with E-state index in [4.69, 9.17) is 11.5 Å². The van der Waals surface area contributed by atoms with Crippen molar-refractivity contribution < 1.29 is 87.9 Å². The molecule has 0 aliphatic carbocycles. The van der Waals surface area contributed by atoms with Gasteiger partial charge in [0.15, 0.2) is 0 Å². The fourth-order valence-corrected chi connectivity index (χ4v) is 10.7. The Hall–Kier alpha value is -10.3. The Bertz CT molecular complexity index is 3600. The number of aromatic amines is 2. The lowest BCUT2D eigenvalue weighted by Gasteiger charge is -2.30. The highest BCUT2D eigenvalue weighted by molar-refractivity contribution is 5.99. The van der Waals surface area contributed by atoms with E-state index in [-0.39, 0.29) is 38.0 Å². The van der Waals surface area contributed by atoms with Crippen LogP contribution in [0.4, 0.5) is 0 Å². The lowest BCUT2D eigenvalue weighted by Crippen LogP contribution is -2.61. The summed E-state index contributed by atoms with van der Waals surface area (Å²) in [7, 11) is 0. The lowest BCUT2D eigenvalue weighted by atomic mass is 9.92. The van der Waals surface area contributed by atoms with Crippen LogP contribution in [0.2, 0.25) is 0 Å². The van der Waals surface area contributed by atoms with Gasteiger partial charge in [-0.3, -0.25) is 57.5 Å². The molecule has 5 aromatic rings. The van der Waals surface area contributed by atoms with Crippen LogP contribution in [-0.4, -0.2) is 186 Å². The average Bonchev–Trinajstić information content (AvgIpc) is 1.81. The number of hydrogen-bond donors (Lipinski definition) is 18. The number of benzene rings is 3. The van der Waals surface area contributed by atoms with Crippen molar-refractivity contribution in [1.82, 2.24) is 57.8 Å². The van der Waals surface area contributed by atoms with Gasteiger partial charge in [-0.05, 0) is 79.7 Å². The van der Waals surface area contributed by atoms with Crippen LogP contribution in [0.25, 0.3) is 21.8 Å². The van der Waals surface area contributed by atoms with Crippen molar-refractivity contribution >= 4 is 98.8 Å². The SMILES string of the molecule is CC(C)C[C@H](NC(=O)[C@H](CC(N)=O)NC(=O)[C@@H](NC(=O)[C@H](CCC(=O)O)NC(=O)[C@H](CO)NC(=O)[C@H](Cc1c[nH]c2ccccc12)NC(=O)[C@@H](N)Cc1c[nH]c2ccccc12)C(C)C)[C@@H](O)C[C@@H](C)C(=O)N[C@@H](C)C(=O)N[C@@H](CCC(=O)O)C(=O)N[C@@H](Cc1ccccc1)C(=O)O. The summed E-state index contributed by atoms with van der Waals surface area (Å²) in [5, 5.41) is 74.6. The Morgan fingerprint density at radius 1 is 0.474 bits per heavy atom. The van der Waals surface area contributed by atoms with Crippen molar-refractivity contribution in [3.05, 3.63) is 108 Å². The summed E-state index contributed by atoms with van der Waals surface area (Å²) in [5.41, 5.74) is 15.4. The molecule has 0 spiro atoms. The van der Waals surface area contributed by atoms with Crippen LogP contribution in [0.5, 0.6) is 0 Å². The standard InChI is InChI=1S/C66H89N13O18/c1-33(2)24-47(52(81)25-35(5)57(87)71-36(6)58(88)72-45(20-22-54(83)84)60(90)77-50(66(96)97)26-37-14-8-7-9-15-37)74-63(93)49(29-53(68)82)76-65(95)56(34(3)4)79-61(91)46(21-23-55(85)86)73-64(94)51(32-80)78-62(92)48(28-39-31-70-44-19-13-11-17-41(39)44)75-59(89)42(67)27-38-30-69-43-18-12-10-16-40(38)43/h7-19,30-31,33-36,42,45-52,56,69-70,80-81H,20-29,32,67H2,1-6H3,(H2,68,82)(H,71,87)(H,72,88)(H,73,94)(H,74,93)(H,75,89)(H,76,95)(H,77,90)(H,78,92)(H,79,91)(H,83,84)(H,85,86)(H,96,97)/t35-,36+,42+,45+,46+,47+,48+,49+,50+,51+,52+,56+/m1/s1. The highest BCUT2D eigenvalue weighted by Gasteiger charge is 2.37. The molecule has 0 unspecified atom stereocenters. The minimum absolute atomic E-state index is 0.0596. The first-order valence-corrected chi connectivity index (χ1v) is 31.7. The zero-order chi connectivity index (χ0) is 71.8. The van der Waals surface area contributed by atoms with Crippen molar-refractivity contribution in [2.75, 3.05) is 6.61 Å². The van der Waals surface area contributed by atoms with E-state index in [1.54, 1.807) is 80.8 Å². The maximum atomic E-state index is 14.2. The summed E-state index contributed by atoms with van der Waals surface area (Å²) in [6, 6.07) is 7.83. The molecular formula is C66H89N13O18. The normalized spacial score (nSPS) is 15.1. The predicted molar refractivity (Wildman–Crippen MR) is 352 cm³/mol. The van der Waals surface area contributed by atoms with E-state index >= 15 is 0 Å². The molecular weight excluding hydrogens is 1260 g/mol. The number of amides is 10. The quantitative estimate of drug-likeness (QED) is 0.0227. The fourth-order valence-electron chi connectivity index (χ4n) is 10.7. The third kappa shape index (κ3) is 24.2. The Kier molecular flexibility index (Phi) is 29.6. The van der Waals surface area contributed by atoms with E-state index in [9.17, 15) is 87.9 Å². The van der Waals surface area contributed by atoms with Gasteiger partial charge in [-0.25, -0.2) is 4.79 Å². The molecule has 0 saturated heterocycles. The predicted octanol–water partition coefficient (Wildman–Crippen LogP) is -0.841. The molecule has 5 rings (SSSR count). The number of H-pyrrole nitrogens is 2. The number of aromatic nitrogens is 2. The monoisotopic (exact) mass is 1350 g/mol. The number of nitrogens with two attached hydrogens (primary N) is 2. The Balaban J connectivity index is 1.24. The second-order valence-corrected chi connectivity index (χ2v) is 24.8. The van der Waals surface area contributed by atoms with Gasteiger partial charge in [-0.1, -0.05) is 101 Å². The number of fused-ring (bicyclic) bond motifs is 2. The second-order valence-electron chi connectivity index (χ2n) is 24.8. The molecule has 0 aliphatic heterocycles. The zero-order valence-electron chi connectivity index (χ0n) is 54.7. The molecule has 0 bridgehead atoms. The first-order valence-electron chi connectivity index (χ1n) is 31.7. The van der Waals surface area contributed by atoms with Crippen LogP contribution >= 0.6 is 0 Å². The number of carboxylic acids is 3. The van der Waals surface area contributed by atoms with Crippen molar-refractivity contribution in [3.63, 3.8) is 0 Å². The Labute approximate surface area is 558 Å². The fraction of sp³-hybridized carbons (Fsp3) is 0.470. The number of aliphatic carboxylic acids is 3. The van der Waals surface area contributed by atoms with Gasteiger partial charge in [-0.15, -0.1) is 0 Å². The van der Waals surface area contributed by atoms with Crippen LogP contribution < -0.4 is 59.3 Å². The van der Waals surface area contributed by atoms with Gasteiger partial charge in [-0.2, -0.15) is 0 Å². The highest BCUT2D eigenvalue weighted by atomic mass is 16.4. The van der Waals surface area contributed by atoms with Crippen LogP contribution in [-0.2, 0) is 81.6 Å². The van der Waals surface area contributed by atoms with Crippen molar-refractivity contribution in [1.29, 1.82) is 0 Å². The van der Waals surface area contributed by atoms with Gasteiger partial charge in [0, 0.05) is 65.8 Å². The van der Waals surface area contributed by atoms with Gasteiger partial charge in [0.05, 0.1) is 31.2 Å². The third-order valence-electron chi connectivity index (χ3n) is 16.1. The number of aliphatic hydroxyl groups excluding tert-OH is 2. The number of primary amides is 1. The average molecular weight is 1350 g/mol. The molecule has 0 radical (unpaired) electrons. The van der Waals surface area contributed by atoms with Crippen LogP contribution in [0.1, 0.15) is 103 Å². The van der Waals surface area contributed by atoms with Gasteiger partial charge in [0.2, 0.25) is 59.1 Å². The van der Waals surface area contributed by atoms with E-state index in [0.717, 1.165) is 22.0 Å². The summed E-state index contributed by atoms with van der Waals surface area (Å²) in [5.74, 6) is -16.1. The molecule has 0 saturated carbocycles. The summed E-state index contributed by atoms with van der Waals surface area (Å²) in [6.07, 6.45) is -1.82. The van der Waals surface area contributed by atoms with Crippen LogP contribution in [0.15, 0.2) is 91.3 Å². The molecule has 3 aromatic carbocycles. The number of hydrogen-bond acceptors (Lipinski definition) is 16. The maximum absolute atomic E-state index is 14.2. The molecule has 31 nitrogen and oxygen atoms in total. The molecule has 2 heterocycles. The molecule has 526 valence electrons. The molecule has 12 atom stereocenters. The molecule has 97 heavy (non-hydrogen) atoms. The molecule has 10 amide bonds. The van der Waals surface area contributed by atoms with Gasteiger partial charge in [0.25, 0.3) is 0 Å². The molecule has 2 aromatic heterocycles. The number of aliphatic hydroxyl groups is 2. The number of para-hydroxylation sites is 2. The summed E-state index contributed by atoms with van der Waals surface area (Å²) < 4.78 is 0. The number of rotatable bonds is 40. The van der Waals surface area contributed by atoms with E-state index in [1.807, 2.05) is 24.3 Å². The van der Waals surface area contributed by atoms with E-state index in [0.29, 0.717) is 16.5 Å².